The van der Waals surface area contributed by atoms with Gasteiger partial charge in [-0.2, -0.15) is 0 Å². The van der Waals surface area contributed by atoms with E-state index in [1.807, 2.05) is 29.2 Å². The van der Waals surface area contributed by atoms with Gasteiger partial charge in [0.25, 0.3) is 5.69 Å². The Morgan fingerprint density at radius 1 is 1.35 bits per heavy atom. The van der Waals surface area contributed by atoms with Crippen LogP contribution in [0.5, 0.6) is 5.75 Å². The van der Waals surface area contributed by atoms with Crippen LogP contribution in [0.15, 0.2) is 42.5 Å². The number of hydrogen-bond donors (Lipinski definition) is 2. The van der Waals surface area contributed by atoms with Crippen LogP contribution >= 0.6 is 0 Å². The normalized spacial score (nSPS) is 12.7. The fraction of sp³-hybridized carbons (Fsp3) is 0.188. The quantitative estimate of drug-likeness (QED) is 0.393. The molecule has 0 saturated carbocycles. The van der Waals surface area contributed by atoms with Crippen LogP contribution in [0, 0.1) is 15.5 Å². The summed E-state index contributed by atoms with van der Waals surface area (Å²) >= 11 is 0. The van der Waals surface area contributed by atoms with E-state index in [2.05, 4.69) is 5.32 Å². The van der Waals surface area contributed by atoms with Crippen molar-refractivity contribution >= 4 is 23.0 Å². The lowest BCUT2D eigenvalue weighted by Gasteiger charge is -2.21. The smallest absolute Gasteiger partial charge is 0.296 e. The van der Waals surface area contributed by atoms with Crippen molar-refractivity contribution in [2.75, 3.05) is 23.9 Å². The standard InChI is InChI=1S/C16H16N4O3/c1-23-12-6-7-13(15(10-12)20(21)22)18-16(17)19-9-8-11-4-2-3-5-14(11)19/h2-7,10H,8-9H2,1H3,(H2,17,18). The van der Waals surface area contributed by atoms with Gasteiger partial charge in [0, 0.05) is 12.2 Å². The number of hydrogen-bond acceptors (Lipinski definition) is 4. The lowest BCUT2D eigenvalue weighted by molar-refractivity contribution is -0.384. The van der Waals surface area contributed by atoms with E-state index in [-0.39, 0.29) is 17.3 Å². The highest BCUT2D eigenvalue weighted by Gasteiger charge is 2.24. The van der Waals surface area contributed by atoms with E-state index in [0.29, 0.717) is 12.3 Å². The third kappa shape index (κ3) is 2.80. The number of nitrogens with zero attached hydrogens (tertiary/aromatic N) is 2. The SMILES string of the molecule is COc1ccc(NC(=N)N2CCc3ccccc32)c([N+](=O)[O-])c1. The van der Waals surface area contributed by atoms with Crippen molar-refractivity contribution < 1.29 is 9.66 Å². The number of nitro benzene ring substituents is 1. The molecule has 0 unspecified atom stereocenters. The number of rotatable bonds is 3. The predicted octanol–water partition coefficient (Wildman–Crippen LogP) is 3.01. The molecule has 0 bridgehead atoms. The van der Waals surface area contributed by atoms with Crippen LogP contribution in [-0.2, 0) is 6.42 Å². The average Bonchev–Trinajstić information content (AvgIpc) is 2.99. The molecule has 1 aliphatic heterocycles. The Bertz CT molecular complexity index is 776. The molecule has 23 heavy (non-hydrogen) atoms. The molecule has 0 aliphatic carbocycles. The third-order valence-electron chi connectivity index (χ3n) is 3.81. The van der Waals surface area contributed by atoms with Gasteiger partial charge in [-0.25, -0.2) is 0 Å². The van der Waals surface area contributed by atoms with Gasteiger partial charge >= 0.3 is 0 Å². The van der Waals surface area contributed by atoms with Crippen LogP contribution in [0.3, 0.4) is 0 Å². The van der Waals surface area contributed by atoms with E-state index < -0.39 is 4.92 Å². The molecule has 7 heteroatoms. The number of ether oxygens (including phenoxy) is 1. The second-order valence-electron chi connectivity index (χ2n) is 5.14. The van der Waals surface area contributed by atoms with E-state index in [4.69, 9.17) is 10.1 Å². The molecule has 0 atom stereocenters. The fourth-order valence-corrected chi connectivity index (χ4v) is 2.66. The molecular formula is C16H16N4O3. The Morgan fingerprint density at radius 3 is 2.87 bits per heavy atom. The van der Waals surface area contributed by atoms with Crippen LogP contribution in [-0.4, -0.2) is 24.5 Å². The molecule has 2 N–H and O–H groups in total. The minimum absolute atomic E-state index is 0.114. The zero-order valence-corrected chi connectivity index (χ0v) is 12.6. The first kappa shape index (κ1) is 14.8. The summed E-state index contributed by atoms with van der Waals surface area (Å²) in [6.45, 7) is 0.676. The van der Waals surface area contributed by atoms with Crippen molar-refractivity contribution in [1.29, 1.82) is 5.41 Å². The summed E-state index contributed by atoms with van der Waals surface area (Å²) in [5, 5.41) is 22.3. The molecular weight excluding hydrogens is 296 g/mol. The zero-order chi connectivity index (χ0) is 16.4. The summed E-state index contributed by atoms with van der Waals surface area (Å²) in [5.41, 5.74) is 2.27. The van der Waals surface area contributed by atoms with Crippen LogP contribution < -0.4 is 15.0 Å². The second-order valence-corrected chi connectivity index (χ2v) is 5.14. The fourth-order valence-electron chi connectivity index (χ4n) is 2.66. The summed E-state index contributed by atoms with van der Waals surface area (Å²) in [5.74, 6) is 0.517. The maximum atomic E-state index is 11.2. The molecule has 0 radical (unpaired) electrons. The number of para-hydroxylation sites is 1. The zero-order valence-electron chi connectivity index (χ0n) is 12.6. The molecule has 2 aromatic rings. The van der Waals surface area contributed by atoms with E-state index >= 15 is 0 Å². The van der Waals surface area contributed by atoms with Crippen molar-refractivity contribution in [3.63, 3.8) is 0 Å². The lowest BCUT2D eigenvalue weighted by atomic mass is 10.2. The van der Waals surface area contributed by atoms with E-state index in [0.717, 1.165) is 12.1 Å². The summed E-state index contributed by atoms with van der Waals surface area (Å²) in [6.07, 6.45) is 0.852. The number of methoxy groups -OCH3 is 1. The Hall–Kier alpha value is -3.09. The highest BCUT2D eigenvalue weighted by atomic mass is 16.6. The van der Waals surface area contributed by atoms with E-state index in [9.17, 15) is 10.1 Å². The van der Waals surface area contributed by atoms with Crippen LogP contribution in [0.1, 0.15) is 5.56 Å². The molecule has 0 aromatic heterocycles. The van der Waals surface area contributed by atoms with Crippen LogP contribution in [0.4, 0.5) is 17.1 Å². The molecule has 0 fully saturated rings. The molecule has 1 aliphatic rings. The highest BCUT2D eigenvalue weighted by Crippen LogP contribution is 2.31. The lowest BCUT2D eigenvalue weighted by Crippen LogP contribution is -2.34. The maximum Gasteiger partial charge on any atom is 0.296 e. The molecule has 118 valence electrons. The number of benzene rings is 2. The Balaban J connectivity index is 1.85. The first-order chi connectivity index (χ1) is 11.1. The molecule has 0 saturated heterocycles. The maximum absolute atomic E-state index is 11.2. The van der Waals surface area contributed by atoms with Crippen LogP contribution in [0.25, 0.3) is 0 Å². The van der Waals surface area contributed by atoms with Gasteiger partial charge in [-0.3, -0.25) is 15.5 Å². The Kier molecular flexibility index (Phi) is 3.84. The van der Waals surface area contributed by atoms with E-state index in [1.165, 1.54) is 18.7 Å². The predicted molar refractivity (Wildman–Crippen MR) is 88.5 cm³/mol. The molecule has 2 aromatic carbocycles. The number of nitro groups is 1. The van der Waals surface area contributed by atoms with Crippen molar-refractivity contribution in [2.24, 2.45) is 0 Å². The highest BCUT2D eigenvalue weighted by molar-refractivity contribution is 6.05. The average molecular weight is 312 g/mol. The van der Waals surface area contributed by atoms with Crippen molar-refractivity contribution in [1.82, 2.24) is 0 Å². The Morgan fingerprint density at radius 2 is 2.13 bits per heavy atom. The molecule has 7 nitrogen and oxygen atoms in total. The molecule has 1 heterocycles. The van der Waals surface area contributed by atoms with Gasteiger partial charge in [-0.15, -0.1) is 0 Å². The van der Waals surface area contributed by atoms with Gasteiger partial charge in [0.1, 0.15) is 11.4 Å². The van der Waals surface area contributed by atoms with Crippen LogP contribution in [0.2, 0.25) is 0 Å². The van der Waals surface area contributed by atoms with Gasteiger partial charge in [-0.1, -0.05) is 18.2 Å². The summed E-state index contributed by atoms with van der Waals surface area (Å²) in [7, 11) is 1.45. The number of anilines is 2. The summed E-state index contributed by atoms with van der Waals surface area (Å²) in [6, 6.07) is 12.4. The molecule has 3 rings (SSSR count). The van der Waals surface area contributed by atoms with Gasteiger partial charge in [0.15, 0.2) is 5.96 Å². The van der Waals surface area contributed by atoms with Crippen molar-refractivity contribution in [2.45, 2.75) is 6.42 Å². The Labute approximate surface area is 133 Å². The topological polar surface area (TPSA) is 91.5 Å². The van der Waals surface area contributed by atoms with Crippen molar-refractivity contribution in [3.8, 4) is 5.75 Å². The second kappa shape index (κ2) is 5.96. The van der Waals surface area contributed by atoms with Gasteiger partial charge in [-0.05, 0) is 30.2 Å². The minimum atomic E-state index is -0.490. The van der Waals surface area contributed by atoms with Gasteiger partial charge < -0.3 is 15.0 Å². The molecule has 0 spiro atoms. The number of guanidine groups is 1. The summed E-state index contributed by atoms with van der Waals surface area (Å²) < 4.78 is 5.01. The minimum Gasteiger partial charge on any atom is -0.496 e. The first-order valence-corrected chi connectivity index (χ1v) is 7.13. The summed E-state index contributed by atoms with van der Waals surface area (Å²) in [4.78, 5) is 12.5. The monoisotopic (exact) mass is 312 g/mol. The number of nitrogens with one attached hydrogen (secondary N) is 2. The number of fused-ring (bicyclic) bond motifs is 1. The third-order valence-corrected chi connectivity index (χ3v) is 3.81. The largest absolute Gasteiger partial charge is 0.496 e. The van der Waals surface area contributed by atoms with Crippen molar-refractivity contribution in [3.05, 3.63) is 58.1 Å². The van der Waals surface area contributed by atoms with Gasteiger partial charge in [0.05, 0.1) is 18.1 Å². The van der Waals surface area contributed by atoms with E-state index in [1.54, 1.807) is 12.1 Å². The van der Waals surface area contributed by atoms with Gasteiger partial charge in [0.2, 0.25) is 0 Å². The first-order valence-electron chi connectivity index (χ1n) is 7.13. The molecule has 0 amide bonds.